The molecule has 0 unspecified atom stereocenters. The molecule has 3 rings (SSSR count). The zero-order chi connectivity index (χ0) is 23.8. The van der Waals surface area contributed by atoms with Crippen molar-refractivity contribution in [3.05, 3.63) is 71.3 Å². The second-order valence-electron chi connectivity index (χ2n) is 8.74. The Balaban J connectivity index is 1.63. The van der Waals surface area contributed by atoms with Crippen molar-refractivity contribution in [2.45, 2.75) is 33.2 Å². The fourth-order valence-corrected chi connectivity index (χ4v) is 3.95. The van der Waals surface area contributed by atoms with Crippen LogP contribution in [0.3, 0.4) is 0 Å². The highest BCUT2D eigenvalue weighted by Crippen LogP contribution is 2.19. The van der Waals surface area contributed by atoms with E-state index < -0.39 is 11.8 Å². The van der Waals surface area contributed by atoms with Gasteiger partial charge in [-0.2, -0.15) is 5.26 Å². The molecule has 0 saturated heterocycles. The molecule has 7 nitrogen and oxygen atoms in total. The van der Waals surface area contributed by atoms with E-state index in [4.69, 9.17) is 0 Å². The molecule has 0 saturated carbocycles. The van der Waals surface area contributed by atoms with Crippen LogP contribution >= 0.6 is 0 Å². The van der Waals surface area contributed by atoms with Gasteiger partial charge in [-0.3, -0.25) is 14.4 Å². The highest BCUT2D eigenvalue weighted by Gasteiger charge is 2.27. The van der Waals surface area contributed by atoms with Gasteiger partial charge in [-0.05, 0) is 29.0 Å². The molecule has 0 spiro atoms. The fraction of sp³-hybridized carbons (Fsp3) is 0.385. The van der Waals surface area contributed by atoms with Gasteiger partial charge in [0, 0.05) is 19.6 Å². The summed E-state index contributed by atoms with van der Waals surface area (Å²) in [6, 6.07) is 17.2. The first-order valence-electron chi connectivity index (χ1n) is 11.2. The van der Waals surface area contributed by atoms with Gasteiger partial charge >= 0.3 is 0 Å². The molecule has 0 bridgehead atoms. The average Bonchev–Trinajstić information content (AvgIpc) is 2.81. The fourth-order valence-electron chi connectivity index (χ4n) is 3.95. The standard InChI is InChI=1S/C26H30N4O3/c1-20(2)15-29(17-25(32)28-13-12-22-10-6-7-11-23(22)16-28)26(33)18-30(19-27)24(31)14-21-8-4-3-5-9-21/h3-11,20H,12-18H2,1-2H3. The minimum Gasteiger partial charge on any atom is -0.336 e. The van der Waals surface area contributed by atoms with E-state index in [0.29, 0.717) is 19.6 Å². The molecule has 33 heavy (non-hydrogen) atoms. The van der Waals surface area contributed by atoms with Crippen LogP contribution in [-0.4, -0.2) is 58.6 Å². The Kier molecular flexibility index (Phi) is 8.20. The molecule has 0 N–H and O–H groups in total. The lowest BCUT2D eigenvalue weighted by molar-refractivity contribution is -0.143. The lowest BCUT2D eigenvalue weighted by atomic mass is 10.00. The van der Waals surface area contributed by atoms with Gasteiger partial charge in [0.1, 0.15) is 6.54 Å². The van der Waals surface area contributed by atoms with E-state index in [1.807, 2.05) is 56.4 Å². The van der Waals surface area contributed by atoms with Crippen LogP contribution in [0.15, 0.2) is 54.6 Å². The van der Waals surface area contributed by atoms with E-state index in [9.17, 15) is 19.6 Å². The summed E-state index contributed by atoms with van der Waals surface area (Å²) < 4.78 is 0. The molecule has 1 aliphatic rings. The molecule has 7 heteroatoms. The lowest BCUT2D eigenvalue weighted by Gasteiger charge is -2.32. The van der Waals surface area contributed by atoms with E-state index in [1.165, 1.54) is 10.5 Å². The van der Waals surface area contributed by atoms with Crippen molar-refractivity contribution in [3.63, 3.8) is 0 Å². The number of amides is 3. The highest BCUT2D eigenvalue weighted by molar-refractivity contribution is 5.89. The first-order valence-corrected chi connectivity index (χ1v) is 11.2. The summed E-state index contributed by atoms with van der Waals surface area (Å²) in [5.74, 6) is -0.838. The van der Waals surface area contributed by atoms with Crippen LogP contribution in [0.25, 0.3) is 0 Å². The van der Waals surface area contributed by atoms with E-state index in [1.54, 1.807) is 17.0 Å². The molecule has 0 radical (unpaired) electrons. The van der Waals surface area contributed by atoms with Crippen LogP contribution in [0.5, 0.6) is 0 Å². The highest BCUT2D eigenvalue weighted by atomic mass is 16.2. The summed E-state index contributed by atoms with van der Waals surface area (Å²) in [4.78, 5) is 42.7. The molecule has 1 heterocycles. The second-order valence-corrected chi connectivity index (χ2v) is 8.74. The SMILES string of the molecule is CC(C)CN(CC(=O)N1CCc2ccccc2C1)C(=O)CN(C#N)C(=O)Cc1ccccc1. The summed E-state index contributed by atoms with van der Waals surface area (Å²) >= 11 is 0. The largest absolute Gasteiger partial charge is 0.336 e. The molecule has 1 aliphatic heterocycles. The molecule has 0 aliphatic carbocycles. The van der Waals surface area contributed by atoms with Gasteiger partial charge in [-0.1, -0.05) is 68.4 Å². The van der Waals surface area contributed by atoms with Gasteiger partial charge in [0.15, 0.2) is 6.19 Å². The van der Waals surface area contributed by atoms with Gasteiger partial charge in [0.2, 0.25) is 17.7 Å². The van der Waals surface area contributed by atoms with Crippen molar-refractivity contribution in [2.24, 2.45) is 5.92 Å². The number of carbonyl (C=O) groups is 3. The molecule has 0 fully saturated rings. The quantitative estimate of drug-likeness (QED) is 0.461. The number of benzene rings is 2. The predicted molar refractivity (Wildman–Crippen MR) is 124 cm³/mol. The summed E-state index contributed by atoms with van der Waals surface area (Å²) in [5.41, 5.74) is 3.15. The van der Waals surface area contributed by atoms with Gasteiger partial charge < -0.3 is 9.80 Å². The van der Waals surface area contributed by atoms with Crippen molar-refractivity contribution in [3.8, 4) is 6.19 Å². The first kappa shape index (κ1) is 24.0. The number of hydrogen-bond acceptors (Lipinski definition) is 4. The number of fused-ring (bicyclic) bond motifs is 1. The zero-order valence-corrected chi connectivity index (χ0v) is 19.2. The third kappa shape index (κ3) is 6.66. The molecule has 3 amide bonds. The maximum Gasteiger partial charge on any atom is 0.243 e. The Labute approximate surface area is 195 Å². The number of carbonyl (C=O) groups excluding carboxylic acids is 3. The Morgan fingerprint density at radius 3 is 2.30 bits per heavy atom. The smallest absolute Gasteiger partial charge is 0.243 e. The number of rotatable bonds is 8. The average molecular weight is 447 g/mol. The minimum absolute atomic E-state index is 0.0397. The molecule has 0 atom stereocenters. The molecule has 0 aromatic heterocycles. The summed E-state index contributed by atoms with van der Waals surface area (Å²) in [5, 5.41) is 9.47. The van der Waals surface area contributed by atoms with E-state index in [2.05, 4.69) is 6.07 Å². The van der Waals surface area contributed by atoms with E-state index in [-0.39, 0.29) is 31.3 Å². The zero-order valence-electron chi connectivity index (χ0n) is 19.2. The van der Waals surface area contributed by atoms with Gasteiger partial charge in [-0.15, -0.1) is 0 Å². The summed E-state index contributed by atoms with van der Waals surface area (Å²) in [7, 11) is 0. The van der Waals surface area contributed by atoms with E-state index in [0.717, 1.165) is 22.4 Å². The lowest BCUT2D eigenvalue weighted by Crippen LogP contribution is -2.48. The van der Waals surface area contributed by atoms with Crippen molar-refractivity contribution in [2.75, 3.05) is 26.2 Å². The van der Waals surface area contributed by atoms with Crippen molar-refractivity contribution < 1.29 is 14.4 Å². The van der Waals surface area contributed by atoms with Crippen molar-refractivity contribution in [1.82, 2.24) is 14.7 Å². The third-order valence-electron chi connectivity index (χ3n) is 5.66. The predicted octanol–water partition coefficient (Wildman–Crippen LogP) is 2.61. The molecular weight excluding hydrogens is 416 g/mol. The van der Waals surface area contributed by atoms with Crippen LogP contribution in [0.1, 0.15) is 30.5 Å². The van der Waals surface area contributed by atoms with Crippen LogP contribution in [0.2, 0.25) is 0 Å². The van der Waals surface area contributed by atoms with Gasteiger partial charge in [0.05, 0.1) is 13.0 Å². The van der Waals surface area contributed by atoms with Gasteiger partial charge in [0.25, 0.3) is 0 Å². The Hall–Kier alpha value is -3.66. The number of hydrogen-bond donors (Lipinski definition) is 0. The molecule has 2 aromatic rings. The third-order valence-corrected chi connectivity index (χ3v) is 5.66. The van der Waals surface area contributed by atoms with Crippen LogP contribution < -0.4 is 0 Å². The summed E-state index contributed by atoms with van der Waals surface area (Å²) in [6.45, 7) is 5.00. The Morgan fingerprint density at radius 2 is 1.64 bits per heavy atom. The topological polar surface area (TPSA) is 84.7 Å². The Morgan fingerprint density at radius 1 is 0.970 bits per heavy atom. The van der Waals surface area contributed by atoms with Crippen LogP contribution in [0.4, 0.5) is 0 Å². The minimum atomic E-state index is -0.444. The molecule has 172 valence electrons. The summed E-state index contributed by atoms with van der Waals surface area (Å²) in [6.07, 6.45) is 2.66. The monoisotopic (exact) mass is 446 g/mol. The van der Waals surface area contributed by atoms with Gasteiger partial charge in [-0.25, -0.2) is 4.90 Å². The second kappa shape index (κ2) is 11.3. The maximum atomic E-state index is 13.0. The van der Waals surface area contributed by atoms with Crippen molar-refractivity contribution in [1.29, 1.82) is 5.26 Å². The van der Waals surface area contributed by atoms with Crippen molar-refractivity contribution >= 4 is 17.7 Å². The molecular formula is C26H30N4O3. The normalized spacial score (nSPS) is 12.6. The first-order chi connectivity index (χ1) is 15.9. The number of nitrogens with zero attached hydrogens (tertiary/aromatic N) is 4. The Bertz CT molecular complexity index is 1030. The maximum absolute atomic E-state index is 13.0. The van der Waals surface area contributed by atoms with Crippen LogP contribution in [0, 0.1) is 17.4 Å². The molecule has 2 aromatic carbocycles. The van der Waals surface area contributed by atoms with E-state index >= 15 is 0 Å². The van der Waals surface area contributed by atoms with Crippen LogP contribution in [-0.2, 0) is 33.8 Å². The number of nitriles is 1.